The molecule has 76 valence electrons. The zero-order valence-electron chi connectivity index (χ0n) is 8.39. The van der Waals surface area contributed by atoms with Gasteiger partial charge in [0.15, 0.2) is 0 Å². The summed E-state index contributed by atoms with van der Waals surface area (Å²) in [5.74, 6) is 0. The van der Waals surface area contributed by atoms with Crippen molar-refractivity contribution < 1.29 is 0 Å². The van der Waals surface area contributed by atoms with Crippen LogP contribution in [0, 0.1) is 0 Å². The van der Waals surface area contributed by atoms with Crippen molar-refractivity contribution in [1.82, 2.24) is 9.55 Å². The Morgan fingerprint density at radius 1 is 1.40 bits per heavy atom. The van der Waals surface area contributed by atoms with E-state index in [1.165, 1.54) is 0 Å². The molecule has 0 spiro atoms. The van der Waals surface area contributed by atoms with E-state index in [2.05, 4.69) is 11.6 Å². The molecule has 0 saturated heterocycles. The fraction of sp³-hybridized carbons (Fsp3) is 0.167. The monoisotopic (exact) mass is 200 g/mol. The predicted octanol–water partition coefficient (Wildman–Crippen LogP) is 1.97. The van der Waals surface area contributed by atoms with Gasteiger partial charge < -0.3 is 4.57 Å². The lowest BCUT2D eigenvalue weighted by molar-refractivity contribution is 0.709. The standard InChI is InChI=1S/C12H12N2O/c1-2-3-8-14-11-6-7-13-9-10(11)4-5-12(14)15/h2,4-7,9H,1,3,8H2. The molecule has 2 aromatic rings. The Hall–Kier alpha value is -1.90. The van der Waals surface area contributed by atoms with E-state index in [0.29, 0.717) is 6.54 Å². The van der Waals surface area contributed by atoms with Crippen LogP contribution < -0.4 is 5.56 Å². The molecule has 0 atom stereocenters. The smallest absolute Gasteiger partial charge is 0.251 e. The molecule has 0 bridgehead atoms. The van der Waals surface area contributed by atoms with E-state index in [9.17, 15) is 4.79 Å². The molecular weight excluding hydrogens is 188 g/mol. The Morgan fingerprint density at radius 2 is 2.27 bits per heavy atom. The summed E-state index contributed by atoms with van der Waals surface area (Å²) in [7, 11) is 0. The summed E-state index contributed by atoms with van der Waals surface area (Å²) in [4.78, 5) is 15.7. The number of hydrogen-bond acceptors (Lipinski definition) is 2. The number of pyridine rings is 2. The summed E-state index contributed by atoms with van der Waals surface area (Å²) in [5, 5.41) is 0.987. The summed E-state index contributed by atoms with van der Waals surface area (Å²) in [6, 6.07) is 5.24. The van der Waals surface area contributed by atoms with E-state index in [-0.39, 0.29) is 5.56 Å². The molecule has 0 fully saturated rings. The molecule has 0 radical (unpaired) electrons. The molecule has 0 saturated carbocycles. The van der Waals surface area contributed by atoms with Crippen LogP contribution in [0.3, 0.4) is 0 Å². The zero-order valence-corrected chi connectivity index (χ0v) is 8.39. The highest BCUT2D eigenvalue weighted by Crippen LogP contribution is 2.09. The van der Waals surface area contributed by atoms with E-state index in [0.717, 1.165) is 17.3 Å². The van der Waals surface area contributed by atoms with Crippen molar-refractivity contribution in [2.45, 2.75) is 13.0 Å². The molecule has 0 amide bonds. The van der Waals surface area contributed by atoms with E-state index < -0.39 is 0 Å². The minimum Gasteiger partial charge on any atom is -0.308 e. The Balaban J connectivity index is 2.63. The average molecular weight is 200 g/mol. The van der Waals surface area contributed by atoms with E-state index >= 15 is 0 Å². The second-order valence-corrected chi connectivity index (χ2v) is 3.34. The Kier molecular flexibility index (Phi) is 2.63. The molecule has 0 aliphatic heterocycles. The van der Waals surface area contributed by atoms with E-state index in [1.807, 2.05) is 12.1 Å². The lowest BCUT2D eigenvalue weighted by Gasteiger charge is -2.07. The Bertz CT molecular complexity index is 543. The molecule has 0 aliphatic carbocycles. The third-order valence-corrected chi connectivity index (χ3v) is 2.35. The van der Waals surface area contributed by atoms with Crippen LogP contribution in [0.5, 0.6) is 0 Å². The fourth-order valence-corrected chi connectivity index (χ4v) is 1.59. The van der Waals surface area contributed by atoms with Crippen LogP contribution in [-0.2, 0) is 6.54 Å². The van der Waals surface area contributed by atoms with Crippen LogP contribution in [-0.4, -0.2) is 9.55 Å². The maximum absolute atomic E-state index is 11.6. The molecule has 3 nitrogen and oxygen atoms in total. The molecule has 15 heavy (non-hydrogen) atoms. The number of allylic oxidation sites excluding steroid dienone is 1. The topological polar surface area (TPSA) is 34.9 Å². The van der Waals surface area contributed by atoms with Crippen molar-refractivity contribution >= 4 is 10.9 Å². The predicted molar refractivity (Wildman–Crippen MR) is 60.8 cm³/mol. The number of nitrogens with zero attached hydrogens (tertiary/aromatic N) is 2. The first kappa shape index (κ1) is 9.65. The first-order valence-electron chi connectivity index (χ1n) is 4.87. The lowest BCUT2D eigenvalue weighted by Crippen LogP contribution is -2.19. The molecule has 0 N–H and O–H groups in total. The second kappa shape index (κ2) is 4.09. The van der Waals surface area contributed by atoms with Crippen LogP contribution in [0.15, 0.2) is 48.0 Å². The third kappa shape index (κ3) is 1.81. The Labute approximate surface area is 87.7 Å². The molecular formula is C12H12N2O. The van der Waals surface area contributed by atoms with Gasteiger partial charge in [0.1, 0.15) is 0 Å². The maximum atomic E-state index is 11.6. The minimum atomic E-state index is 0.0237. The number of aromatic nitrogens is 2. The van der Waals surface area contributed by atoms with Gasteiger partial charge in [-0.1, -0.05) is 6.08 Å². The quantitative estimate of drug-likeness (QED) is 0.710. The molecule has 2 rings (SSSR count). The first-order chi connectivity index (χ1) is 7.33. The molecule has 2 heterocycles. The van der Waals surface area contributed by atoms with Gasteiger partial charge in [-0.3, -0.25) is 9.78 Å². The van der Waals surface area contributed by atoms with Crippen LogP contribution >= 0.6 is 0 Å². The van der Waals surface area contributed by atoms with Crippen molar-refractivity contribution in [3.8, 4) is 0 Å². The van der Waals surface area contributed by atoms with Crippen molar-refractivity contribution in [3.63, 3.8) is 0 Å². The number of fused-ring (bicyclic) bond motifs is 1. The average Bonchev–Trinajstić information content (AvgIpc) is 2.28. The van der Waals surface area contributed by atoms with Gasteiger partial charge in [-0.2, -0.15) is 0 Å². The van der Waals surface area contributed by atoms with Gasteiger partial charge in [-0.15, -0.1) is 6.58 Å². The largest absolute Gasteiger partial charge is 0.308 e. The van der Waals surface area contributed by atoms with Gasteiger partial charge in [-0.25, -0.2) is 0 Å². The zero-order chi connectivity index (χ0) is 10.7. The second-order valence-electron chi connectivity index (χ2n) is 3.34. The maximum Gasteiger partial charge on any atom is 0.251 e. The SMILES string of the molecule is C=CCCn1c(=O)ccc2cnccc21. The van der Waals surface area contributed by atoms with Crippen LogP contribution in [0.25, 0.3) is 10.9 Å². The van der Waals surface area contributed by atoms with Gasteiger partial charge in [0.2, 0.25) is 0 Å². The van der Waals surface area contributed by atoms with Crippen LogP contribution in [0.1, 0.15) is 6.42 Å². The molecule has 0 aliphatic rings. The van der Waals surface area contributed by atoms with Gasteiger partial charge >= 0.3 is 0 Å². The van der Waals surface area contributed by atoms with Gasteiger partial charge in [0, 0.05) is 30.4 Å². The van der Waals surface area contributed by atoms with Crippen LogP contribution in [0.2, 0.25) is 0 Å². The highest BCUT2D eigenvalue weighted by Gasteiger charge is 2.00. The normalized spacial score (nSPS) is 10.4. The first-order valence-corrected chi connectivity index (χ1v) is 4.87. The molecule has 0 unspecified atom stereocenters. The van der Waals surface area contributed by atoms with Gasteiger partial charge in [0.25, 0.3) is 5.56 Å². The Morgan fingerprint density at radius 3 is 3.07 bits per heavy atom. The van der Waals surface area contributed by atoms with Crippen molar-refractivity contribution in [3.05, 3.63) is 53.6 Å². The number of hydrogen-bond donors (Lipinski definition) is 0. The van der Waals surface area contributed by atoms with Crippen LogP contribution in [0.4, 0.5) is 0 Å². The van der Waals surface area contributed by atoms with Crippen molar-refractivity contribution in [2.24, 2.45) is 0 Å². The summed E-state index contributed by atoms with van der Waals surface area (Å²) in [6.07, 6.45) is 6.07. The minimum absolute atomic E-state index is 0.0237. The van der Waals surface area contributed by atoms with E-state index in [4.69, 9.17) is 0 Å². The summed E-state index contributed by atoms with van der Waals surface area (Å²) < 4.78 is 1.75. The van der Waals surface area contributed by atoms with E-state index in [1.54, 1.807) is 29.1 Å². The van der Waals surface area contributed by atoms with Crippen molar-refractivity contribution in [2.75, 3.05) is 0 Å². The van der Waals surface area contributed by atoms with Crippen molar-refractivity contribution in [1.29, 1.82) is 0 Å². The molecule has 2 aromatic heterocycles. The highest BCUT2D eigenvalue weighted by molar-refractivity contribution is 5.77. The van der Waals surface area contributed by atoms with Gasteiger partial charge in [-0.05, 0) is 18.6 Å². The third-order valence-electron chi connectivity index (χ3n) is 2.35. The summed E-state index contributed by atoms with van der Waals surface area (Å²) in [5.41, 5.74) is 0.954. The molecule has 3 heteroatoms. The fourth-order valence-electron chi connectivity index (χ4n) is 1.59. The molecule has 0 aromatic carbocycles. The number of aryl methyl sites for hydroxylation is 1. The summed E-state index contributed by atoms with van der Waals surface area (Å²) in [6.45, 7) is 4.33. The van der Waals surface area contributed by atoms with Gasteiger partial charge in [0.05, 0.1) is 5.52 Å². The summed E-state index contributed by atoms with van der Waals surface area (Å²) >= 11 is 0. The number of rotatable bonds is 3. The highest BCUT2D eigenvalue weighted by atomic mass is 16.1. The lowest BCUT2D eigenvalue weighted by atomic mass is 10.2.